The summed E-state index contributed by atoms with van der Waals surface area (Å²) in [6, 6.07) is 4.93. The van der Waals surface area contributed by atoms with Gasteiger partial charge in [0.25, 0.3) is 0 Å². The van der Waals surface area contributed by atoms with Gasteiger partial charge in [-0.3, -0.25) is 4.79 Å². The van der Waals surface area contributed by atoms with Crippen LogP contribution in [0.5, 0.6) is 0 Å². The summed E-state index contributed by atoms with van der Waals surface area (Å²) in [6.07, 6.45) is 3.48. The summed E-state index contributed by atoms with van der Waals surface area (Å²) in [4.78, 5) is 20.1. The van der Waals surface area contributed by atoms with Crippen molar-refractivity contribution in [3.8, 4) is 0 Å². The van der Waals surface area contributed by atoms with E-state index in [1.807, 2.05) is 6.92 Å². The van der Waals surface area contributed by atoms with Crippen LogP contribution in [0.1, 0.15) is 15.9 Å². The summed E-state index contributed by atoms with van der Waals surface area (Å²) in [7, 11) is 0. The van der Waals surface area contributed by atoms with E-state index in [0.29, 0.717) is 16.4 Å². The lowest BCUT2D eigenvalue weighted by atomic mass is 10.2. The van der Waals surface area contributed by atoms with Crippen LogP contribution in [0.2, 0.25) is 0 Å². The van der Waals surface area contributed by atoms with Crippen molar-refractivity contribution in [3.05, 3.63) is 41.7 Å². The highest BCUT2D eigenvalue weighted by Crippen LogP contribution is 2.30. The fraction of sp³-hybridized carbons (Fsp3) is 0.0833. The molecule has 0 atom stereocenters. The van der Waals surface area contributed by atoms with Gasteiger partial charge in [0.15, 0.2) is 5.16 Å². The van der Waals surface area contributed by atoms with Gasteiger partial charge in [-0.15, -0.1) is 0 Å². The van der Waals surface area contributed by atoms with Crippen molar-refractivity contribution < 1.29 is 4.79 Å². The predicted octanol–water partition coefficient (Wildman–Crippen LogP) is 1.62. The zero-order valence-electron chi connectivity index (χ0n) is 9.75. The molecule has 6 heteroatoms. The maximum Gasteiger partial charge on any atom is 0.248 e. The van der Waals surface area contributed by atoms with Crippen molar-refractivity contribution in [3.63, 3.8) is 0 Å². The summed E-state index contributed by atoms with van der Waals surface area (Å²) >= 11 is 1.34. The Labute approximate surface area is 109 Å². The summed E-state index contributed by atoms with van der Waals surface area (Å²) in [6.45, 7) is 1.92. The normalized spacial score (nSPS) is 10.3. The van der Waals surface area contributed by atoms with Gasteiger partial charge in [0.2, 0.25) is 5.91 Å². The number of benzene rings is 1. The molecule has 0 fully saturated rings. The lowest BCUT2D eigenvalue weighted by Crippen LogP contribution is -2.11. The van der Waals surface area contributed by atoms with Crippen LogP contribution < -0.4 is 11.5 Å². The van der Waals surface area contributed by atoms with Gasteiger partial charge in [-0.2, -0.15) is 0 Å². The van der Waals surface area contributed by atoms with E-state index >= 15 is 0 Å². The molecule has 0 aliphatic rings. The van der Waals surface area contributed by atoms with Gasteiger partial charge in [0.05, 0.1) is 0 Å². The first kappa shape index (κ1) is 12.4. The van der Waals surface area contributed by atoms with Crippen molar-refractivity contribution in [2.24, 2.45) is 5.73 Å². The number of hydrogen-bond acceptors (Lipinski definition) is 5. The van der Waals surface area contributed by atoms with Crippen LogP contribution in [-0.4, -0.2) is 15.9 Å². The molecule has 1 aromatic heterocycles. The molecule has 0 aliphatic heterocycles. The number of aryl methyl sites for hydroxylation is 1. The Morgan fingerprint density at radius 3 is 2.50 bits per heavy atom. The first-order valence-corrected chi connectivity index (χ1v) is 6.04. The van der Waals surface area contributed by atoms with Crippen molar-refractivity contribution >= 4 is 23.4 Å². The van der Waals surface area contributed by atoms with Crippen LogP contribution in [0.25, 0.3) is 0 Å². The quantitative estimate of drug-likeness (QED) is 0.646. The molecular weight excluding hydrogens is 248 g/mol. The number of carbonyl (C=O) groups is 1. The number of primary amides is 1. The van der Waals surface area contributed by atoms with E-state index in [1.165, 1.54) is 11.8 Å². The minimum Gasteiger partial charge on any atom is -0.398 e. The lowest BCUT2D eigenvalue weighted by Gasteiger charge is -2.05. The van der Waals surface area contributed by atoms with Crippen LogP contribution in [0, 0.1) is 6.92 Å². The minimum absolute atomic E-state index is 0.390. The number of nitrogen functional groups attached to an aromatic ring is 1. The number of aromatic nitrogens is 2. The molecular formula is C12H12N4OS. The van der Waals surface area contributed by atoms with Gasteiger partial charge in [-0.25, -0.2) is 9.97 Å². The van der Waals surface area contributed by atoms with Crippen LogP contribution in [-0.2, 0) is 0 Å². The largest absolute Gasteiger partial charge is 0.398 e. The smallest absolute Gasteiger partial charge is 0.248 e. The van der Waals surface area contributed by atoms with E-state index in [9.17, 15) is 4.79 Å². The molecule has 5 nitrogen and oxygen atoms in total. The molecule has 2 aromatic rings. The highest BCUT2D eigenvalue weighted by atomic mass is 32.2. The van der Waals surface area contributed by atoms with Crippen molar-refractivity contribution in [2.75, 3.05) is 5.73 Å². The van der Waals surface area contributed by atoms with Gasteiger partial charge >= 0.3 is 0 Å². The topological polar surface area (TPSA) is 94.9 Å². The van der Waals surface area contributed by atoms with Gasteiger partial charge < -0.3 is 11.5 Å². The zero-order valence-corrected chi connectivity index (χ0v) is 10.6. The van der Waals surface area contributed by atoms with Crippen LogP contribution >= 0.6 is 11.8 Å². The maximum atomic E-state index is 11.0. The molecule has 1 aromatic carbocycles. The number of rotatable bonds is 3. The Morgan fingerprint density at radius 2 is 1.94 bits per heavy atom. The molecule has 0 unspecified atom stereocenters. The molecule has 0 aliphatic carbocycles. The fourth-order valence-corrected chi connectivity index (χ4v) is 2.05. The number of anilines is 1. The van der Waals surface area contributed by atoms with Gasteiger partial charge in [0.1, 0.15) is 0 Å². The zero-order chi connectivity index (χ0) is 13.1. The Kier molecular flexibility index (Phi) is 3.47. The number of nitrogens with two attached hydrogens (primary N) is 2. The summed E-state index contributed by atoms with van der Waals surface area (Å²) in [5.74, 6) is -0.496. The Morgan fingerprint density at radius 1 is 1.28 bits per heavy atom. The van der Waals surface area contributed by atoms with E-state index in [4.69, 9.17) is 11.5 Å². The van der Waals surface area contributed by atoms with Crippen LogP contribution in [0.4, 0.5) is 5.69 Å². The van der Waals surface area contributed by atoms with Gasteiger partial charge in [-0.05, 0) is 42.4 Å². The fourth-order valence-electron chi connectivity index (χ4n) is 1.33. The number of hydrogen-bond donors (Lipinski definition) is 2. The number of carbonyl (C=O) groups excluding carboxylic acids is 1. The van der Waals surface area contributed by atoms with E-state index in [-0.39, 0.29) is 0 Å². The molecule has 4 N–H and O–H groups in total. The highest BCUT2D eigenvalue weighted by Gasteiger charge is 2.07. The third kappa shape index (κ3) is 2.78. The highest BCUT2D eigenvalue weighted by molar-refractivity contribution is 7.99. The second kappa shape index (κ2) is 5.05. The van der Waals surface area contributed by atoms with Crippen molar-refractivity contribution in [1.29, 1.82) is 0 Å². The standard InChI is InChI=1S/C12H12N4OS/c1-7-5-15-12(16-6-7)18-10-3-2-8(11(14)17)4-9(10)13/h2-6H,13H2,1H3,(H2,14,17). The second-order valence-electron chi connectivity index (χ2n) is 3.76. The van der Waals surface area contributed by atoms with E-state index in [0.717, 1.165) is 10.5 Å². The van der Waals surface area contributed by atoms with E-state index in [2.05, 4.69) is 9.97 Å². The second-order valence-corrected chi connectivity index (χ2v) is 4.77. The van der Waals surface area contributed by atoms with E-state index in [1.54, 1.807) is 30.6 Å². The molecule has 0 saturated heterocycles. The third-order valence-electron chi connectivity index (χ3n) is 2.25. The van der Waals surface area contributed by atoms with Gasteiger partial charge in [-0.1, -0.05) is 0 Å². The molecule has 18 heavy (non-hydrogen) atoms. The summed E-state index contributed by atoms with van der Waals surface area (Å²) in [5.41, 5.74) is 12.9. The molecule has 92 valence electrons. The summed E-state index contributed by atoms with van der Waals surface area (Å²) < 4.78 is 0. The molecule has 0 bridgehead atoms. The first-order valence-electron chi connectivity index (χ1n) is 5.22. The van der Waals surface area contributed by atoms with E-state index < -0.39 is 5.91 Å². The summed E-state index contributed by atoms with van der Waals surface area (Å²) in [5, 5.41) is 0.610. The molecule has 0 spiro atoms. The molecule has 1 heterocycles. The lowest BCUT2D eigenvalue weighted by molar-refractivity contribution is 0.100. The third-order valence-corrected chi connectivity index (χ3v) is 3.24. The molecule has 2 rings (SSSR count). The maximum absolute atomic E-state index is 11.0. The molecule has 0 radical (unpaired) electrons. The Balaban J connectivity index is 2.24. The first-order chi connectivity index (χ1) is 8.56. The minimum atomic E-state index is -0.496. The molecule has 1 amide bonds. The van der Waals surface area contributed by atoms with Crippen molar-refractivity contribution in [1.82, 2.24) is 9.97 Å². The number of nitrogens with zero attached hydrogens (tertiary/aromatic N) is 2. The van der Waals surface area contributed by atoms with Crippen LogP contribution in [0.3, 0.4) is 0 Å². The molecule has 0 saturated carbocycles. The SMILES string of the molecule is Cc1cnc(Sc2ccc(C(N)=O)cc2N)nc1. The monoisotopic (exact) mass is 260 g/mol. The Bertz CT molecular complexity index is 583. The predicted molar refractivity (Wildman–Crippen MR) is 70.3 cm³/mol. The van der Waals surface area contributed by atoms with Crippen molar-refractivity contribution in [2.45, 2.75) is 17.0 Å². The average molecular weight is 260 g/mol. The van der Waals surface area contributed by atoms with Crippen LogP contribution in [0.15, 0.2) is 40.6 Å². The Hall–Kier alpha value is -2.08. The number of amides is 1. The van der Waals surface area contributed by atoms with Gasteiger partial charge in [0, 0.05) is 28.5 Å². The average Bonchev–Trinajstić information content (AvgIpc) is 2.34.